The zero-order chi connectivity index (χ0) is 16.2. The average molecular weight is 321 g/mol. The van der Waals surface area contributed by atoms with E-state index >= 15 is 0 Å². The lowest BCUT2D eigenvalue weighted by Crippen LogP contribution is -2.48. The molecule has 1 saturated carbocycles. The van der Waals surface area contributed by atoms with Crippen molar-refractivity contribution in [2.24, 2.45) is 23.5 Å². The van der Waals surface area contributed by atoms with Gasteiger partial charge in [0.25, 0.3) is 0 Å². The maximum atomic E-state index is 13.0. The minimum absolute atomic E-state index is 0.0680. The first-order valence-corrected chi connectivity index (χ1v) is 9.48. The average Bonchev–Trinajstić information content (AvgIpc) is 3.15. The molecule has 3 rings (SSSR count). The van der Waals surface area contributed by atoms with Gasteiger partial charge in [-0.3, -0.25) is 9.59 Å². The fourth-order valence-corrected chi connectivity index (χ4v) is 4.52. The van der Waals surface area contributed by atoms with Crippen LogP contribution in [0.25, 0.3) is 0 Å². The Morgan fingerprint density at radius 1 is 0.739 bits per heavy atom. The van der Waals surface area contributed by atoms with Gasteiger partial charge in [-0.1, -0.05) is 12.8 Å². The molecule has 2 atom stereocenters. The van der Waals surface area contributed by atoms with Gasteiger partial charge in [-0.25, -0.2) is 0 Å². The van der Waals surface area contributed by atoms with E-state index in [2.05, 4.69) is 0 Å². The van der Waals surface area contributed by atoms with Crippen molar-refractivity contribution in [2.75, 3.05) is 32.7 Å². The third-order valence-corrected chi connectivity index (χ3v) is 6.08. The van der Waals surface area contributed by atoms with Gasteiger partial charge in [0.2, 0.25) is 11.8 Å². The number of piperidine rings is 1. The zero-order valence-electron chi connectivity index (χ0n) is 14.2. The van der Waals surface area contributed by atoms with E-state index in [1.54, 1.807) is 0 Å². The molecule has 2 saturated heterocycles. The first-order chi connectivity index (χ1) is 11.2. The number of carbonyl (C=O) groups is 2. The van der Waals surface area contributed by atoms with Crippen LogP contribution in [0.4, 0.5) is 0 Å². The maximum Gasteiger partial charge on any atom is 0.226 e. The number of rotatable bonds is 3. The highest BCUT2D eigenvalue weighted by Gasteiger charge is 2.40. The van der Waals surface area contributed by atoms with E-state index in [0.717, 1.165) is 84.1 Å². The Morgan fingerprint density at radius 3 is 1.70 bits per heavy atom. The highest BCUT2D eigenvalue weighted by Crippen LogP contribution is 2.34. The summed E-state index contributed by atoms with van der Waals surface area (Å²) in [5.41, 5.74) is 5.75. The summed E-state index contributed by atoms with van der Waals surface area (Å²) >= 11 is 0. The number of hydrogen-bond donors (Lipinski definition) is 1. The monoisotopic (exact) mass is 321 g/mol. The van der Waals surface area contributed by atoms with Crippen molar-refractivity contribution in [1.82, 2.24) is 9.80 Å². The van der Waals surface area contributed by atoms with Gasteiger partial charge in [-0.15, -0.1) is 0 Å². The number of nitrogens with two attached hydrogens (primary N) is 1. The molecule has 130 valence electrons. The summed E-state index contributed by atoms with van der Waals surface area (Å²) in [4.78, 5) is 29.8. The SMILES string of the molecule is NCC1CCN(C(=O)C2CCCCC2C(=O)N2CCCC2)CC1. The maximum absolute atomic E-state index is 13.0. The van der Waals surface area contributed by atoms with Crippen molar-refractivity contribution in [3.63, 3.8) is 0 Å². The predicted octanol–water partition coefficient (Wildman–Crippen LogP) is 1.61. The van der Waals surface area contributed by atoms with E-state index in [9.17, 15) is 9.59 Å². The molecule has 0 spiro atoms. The molecule has 0 aromatic rings. The second-order valence-electron chi connectivity index (χ2n) is 7.53. The van der Waals surface area contributed by atoms with E-state index in [4.69, 9.17) is 5.73 Å². The van der Waals surface area contributed by atoms with Crippen LogP contribution < -0.4 is 5.73 Å². The Kier molecular flexibility index (Phi) is 5.57. The number of nitrogens with zero attached hydrogens (tertiary/aromatic N) is 2. The summed E-state index contributed by atoms with van der Waals surface area (Å²) in [5, 5.41) is 0. The van der Waals surface area contributed by atoms with Gasteiger partial charge in [0.15, 0.2) is 0 Å². The molecule has 5 nitrogen and oxygen atoms in total. The molecule has 0 bridgehead atoms. The van der Waals surface area contributed by atoms with E-state index in [1.807, 2.05) is 9.80 Å². The van der Waals surface area contributed by atoms with Gasteiger partial charge >= 0.3 is 0 Å². The van der Waals surface area contributed by atoms with Crippen LogP contribution in [0.3, 0.4) is 0 Å². The van der Waals surface area contributed by atoms with Crippen LogP contribution in [0.5, 0.6) is 0 Å². The molecule has 3 aliphatic rings. The summed E-state index contributed by atoms with van der Waals surface area (Å²) < 4.78 is 0. The summed E-state index contributed by atoms with van der Waals surface area (Å²) in [5.74, 6) is 0.899. The quantitative estimate of drug-likeness (QED) is 0.859. The normalized spacial score (nSPS) is 29.8. The van der Waals surface area contributed by atoms with E-state index in [-0.39, 0.29) is 23.7 Å². The highest BCUT2D eigenvalue weighted by molar-refractivity contribution is 5.88. The molecule has 2 N–H and O–H groups in total. The lowest BCUT2D eigenvalue weighted by Gasteiger charge is -2.38. The van der Waals surface area contributed by atoms with Gasteiger partial charge in [-0.2, -0.15) is 0 Å². The zero-order valence-corrected chi connectivity index (χ0v) is 14.2. The van der Waals surface area contributed by atoms with Crippen LogP contribution in [0.1, 0.15) is 51.4 Å². The highest BCUT2D eigenvalue weighted by atomic mass is 16.2. The van der Waals surface area contributed by atoms with Crippen molar-refractivity contribution in [1.29, 1.82) is 0 Å². The fourth-order valence-electron chi connectivity index (χ4n) is 4.52. The molecule has 3 fully saturated rings. The number of likely N-dealkylation sites (tertiary alicyclic amines) is 2. The summed E-state index contributed by atoms with van der Waals surface area (Å²) in [6.45, 7) is 4.14. The topological polar surface area (TPSA) is 66.6 Å². The minimum atomic E-state index is -0.0775. The molecule has 1 aliphatic carbocycles. The lowest BCUT2D eigenvalue weighted by atomic mass is 9.77. The largest absolute Gasteiger partial charge is 0.342 e. The van der Waals surface area contributed by atoms with Gasteiger partial charge in [-0.05, 0) is 51.0 Å². The molecular formula is C18H31N3O2. The molecule has 2 heterocycles. The minimum Gasteiger partial charge on any atom is -0.342 e. The van der Waals surface area contributed by atoms with Crippen LogP contribution in [-0.2, 0) is 9.59 Å². The van der Waals surface area contributed by atoms with Gasteiger partial charge in [0.05, 0.1) is 0 Å². The smallest absolute Gasteiger partial charge is 0.226 e. The van der Waals surface area contributed by atoms with E-state index in [0.29, 0.717) is 5.92 Å². The number of amides is 2. The molecule has 2 aliphatic heterocycles. The van der Waals surface area contributed by atoms with Crippen LogP contribution in [-0.4, -0.2) is 54.3 Å². The van der Waals surface area contributed by atoms with Gasteiger partial charge < -0.3 is 15.5 Å². The third-order valence-electron chi connectivity index (χ3n) is 6.08. The van der Waals surface area contributed by atoms with Gasteiger partial charge in [0.1, 0.15) is 0 Å². The van der Waals surface area contributed by atoms with E-state index in [1.165, 1.54) is 0 Å². The molecule has 0 radical (unpaired) electrons. The Balaban J connectivity index is 1.63. The molecule has 0 aromatic heterocycles. The lowest BCUT2D eigenvalue weighted by molar-refractivity contribution is -0.148. The second kappa shape index (κ2) is 7.65. The molecule has 2 unspecified atom stereocenters. The van der Waals surface area contributed by atoms with Crippen LogP contribution in [0.15, 0.2) is 0 Å². The van der Waals surface area contributed by atoms with Gasteiger partial charge in [0, 0.05) is 38.0 Å². The molecule has 2 amide bonds. The standard InChI is InChI=1S/C18H31N3O2/c19-13-14-7-11-21(12-8-14)18(23)16-6-2-1-5-15(16)17(22)20-9-3-4-10-20/h14-16H,1-13,19H2. The Hall–Kier alpha value is -1.10. The van der Waals surface area contributed by atoms with Crippen LogP contribution >= 0.6 is 0 Å². The Bertz CT molecular complexity index is 426. The first-order valence-electron chi connectivity index (χ1n) is 9.48. The molecular weight excluding hydrogens is 290 g/mol. The summed E-state index contributed by atoms with van der Waals surface area (Å²) in [6, 6.07) is 0. The Morgan fingerprint density at radius 2 is 1.22 bits per heavy atom. The summed E-state index contributed by atoms with van der Waals surface area (Å²) in [7, 11) is 0. The van der Waals surface area contributed by atoms with E-state index < -0.39 is 0 Å². The molecule has 5 heteroatoms. The van der Waals surface area contributed by atoms with Crippen LogP contribution in [0.2, 0.25) is 0 Å². The van der Waals surface area contributed by atoms with Crippen molar-refractivity contribution >= 4 is 11.8 Å². The molecule has 0 aromatic carbocycles. The third kappa shape index (κ3) is 3.70. The predicted molar refractivity (Wildman–Crippen MR) is 89.6 cm³/mol. The van der Waals surface area contributed by atoms with Crippen LogP contribution in [0, 0.1) is 17.8 Å². The van der Waals surface area contributed by atoms with Crippen molar-refractivity contribution in [2.45, 2.75) is 51.4 Å². The number of carbonyl (C=O) groups excluding carboxylic acids is 2. The van der Waals surface area contributed by atoms with Crippen molar-refractivity contribution in [3.8, 4) is 0 Å². The van der Waals surface area contributed by atoms with Crippen molar-refractivity contribution < 1.29 is 9.59 Å². The second-order valence-corrected chi connectivity index (χ2v) is 7.53. The first kappa shape index (κ1) is 16.7. The molecule has 23 heavy (non-hydrogen) atoms. The summed E-state index contributed by atoms with van der Waals surface area (Å²) in [6.07, 6.45) is 8.21. The van der Waals surface area contributed by atoms with Crippen molar-refractivity contribution in [3.05, 3.63) is 0 Å². The Labute approximate surface area is 139 Å². The number of hydrogen-bond acceptors (Lipinski definition) is 3. The fraction of sp³-hybridized carbons (Fsp3) is 0.889.